The van der Waals surface area contributed by atoms with Crippen molar-refractivity contribution < 1.29 is 8.42 Å². The van der Waals surface area contributed by atoms with Crippen LogP contribution in [0.4, 0.5) is 5.82 Å². The zero-order chi connectivity index (χ0) is 16.9. The van der Waals surface area contributed by atoms with Gasteiger partial charge < -0.3 is 4.90 Å². The Hall–Kier alpha value is -2.50. The molecule has 2 aromatic rings. The Morgan fingerprint density at radius 3 is 2.48 bits per heavy atom. The summed E-state index contributed by atoms with van der Waals surface area (Å²) in [5.41, 5.74) is 1.24. The number of nitrogens with zero attached hydrogens (tertiary/aromatic N) is 4. The quantitative estimate of drug-likeness (QED) is 0.850. The molecular weight excluding hydrogens is 314 g/mol. The van der Waals surface area contributed by atoms with E-state index in [1.165, 1.54) is 12.4 Å². The van der Waals surface area contributed by atoms with Crippen molar-refractivity contribution >= 4 is 15.8 Å². The molecule has 1 heterocycles. The normalized spacial score (nSPS) is 11.0. The molecule has 0 fully saturated rings. The molecule has 0 aliphatic carbocycles. The average molecular weight is 331 g/mol. The molecule has 23 heavy (non-hydrogen) atoms. The summed E-state index contributed by atoms with van der Waals surface area (Å²) >= 11 is 0. The molecular formula is C15H17N5O2S. The van der Waals surface area contributed by atoms with Crippen LogP contribution in [0.25, 0.3) is 0 Å². The molecule has 2 rings (SSSR count). The maximum Gasteiger partial charge on any atom is 0.240 e. The number of anilines is 1. The standard InChI is InChI=1S/C15H17N5O2S/c1-12-3-5-14(6-4-12)23(21,22)19-7-8-20(2)15-11-17-13(9-16)10-18-15/h3-6,10-11,19H,7-8H2,1-2H3. The molecule has 0 atom stereocenters. The molecule has 1 aromatic heterocycles. The average Bonchev–Trinajstić information content (AvgIpc) is 2.55. The lowest BCUT2D eigenvalue weighted by molar-refractivity contribution is 0.581. The first-order valence-corrected chi connectivity index (χ1v) is 8.40. The van der Waals surface area contributed by atoms with Crippen LogP contribution < -0.4 is 9.62 Å². The van der Waals surface area contributed by atoms with Crippen LogP contribution >= 0.6 is 0 Å². The van der Waals surface area contributed by atoms with Crippen LogP contribution in [0, 0.1) is 18.3 Å². The monoisotopic (exact) mass is 331 g/mol. The van der Waals surface area contributed by atoms with E-state index in [0.717, 1.165) is 5.56 Å². The first kappa shape index (κ1) is 16.9. The molecule has 1 aromatic carbocycles. The summed E-state index contributed by atoms with van der Waals surface area (Å²) in [5.74, 6) is 0.568. The predicted octanol–water partition coefficient (Wildman–Crippen LogP) is 1.07. The molecule has 0 amide bonds. The van der Waals surface area contributed by atoms with Gasteiger partial charge >= 0.3 is 0 Å². The van der Waals surface area contributed by atoms with E-state index in [9.17, 15) is 8.42 Å². The van der Waals surface area contributed by atoms with Gasteiger partial charge in [-0.3, -0.25) is 0 Å². The summed E-state index contributed by atoms with van der Waals surface area (Å²) in [6.07, 6.45) is 2.86. The summed E-state index contributed by atoms with van der Waals surface area (Å²) in [7, 11) is -1.75. The van der Waals surface area contributed by atoms with Crippen LogP contribution in [0.5, 0.6) is 0 Å². The molecule has 1 N–H and O–H groups in total. The van der Waals surface area contributed by atoms with E-state index in [0.29, 0.717) is 12.4 Å². The minimum absolute atomic E-state index is 0.231. The number of nitriles is 1. The Labute approximate surface area is 135 Å². The highest BCUT2D eigenvalue weighted by atomic mass is 32.2. The van der Waals surface area contributed by atoms with Crippen LogP contribution in [0.1, 0.15) is 11.3 Å². The van der Waals surface area contributed by atoms with Gasteiger partial charge in [-0.2, -0.15) is 5.26 Å². The van der Waals surface area contributed by atoms with Crippen molar-refractivity contribution in [1.29, 1.82) is 5.26 Å². The van der Waals surface area contributed by atoms with E-state index in [1.807, 2.05) is 13.0 Å². The van der Waals surface area contributed by atoms with Gasteiger partial charge in [-0.25, -0.2) is 23.1 Å². The fraction of sp³-hybridized carbons (Fsp3) is 0.267. The van der Waals surface area contributed by atoms with Crippen LogP contribution in [-0.4, -0.2) is 38.5 Å². The molecule has 0 aliphatic heterocycles. The number of rotatable bonds is 6. The maximum atomic E-state index is 12.2. The third-order valence-electron chi connectivity index (χ3n) is 3.21. The van der Waals surface area contributed by atoms with Crippen LogP contribution in [-0.2, 0) is 10.0 Å². The first-order valence-electron chi connectivity index (χ1n) is 6.92. The van der Waals surface area contributed by atoms with Crippen molar-refractivity contribution in [3.05, 3.63) is 47.9 Å². The van der Waals surface area contributed by atoms with Gasteiger partial charge in [0.25, 0.3) is 0 Å². The van der Waals surface area contributed by atoms with Crippen molar-refractivity contribution in [3.8, 4) is 6.07 Å². The van der Waals surface area contributed by atoms with E-state index in [2.05, 4.69) is 14.7 Å². The summed E-state index contributed by atoms with van der Waals surface area (Å²) in [5, 5.41) is 8.68. The van der Waals surface area contributed by atoms with Gasteiger partial charge in [-0.05, 0) is 19.1 Å². The van der Waals surface area contributed by atoms with Gasteiger partial charge in [0.2, 0.25) is 10.0 Å². The second-order valence-corrected chi connectivity index (χ2v) is 6.77. The fourth-order valence-corrected chi connectivity index (χ4v) is 2.86. The third-order valence-corrected chi connectivity index (χ3v) is 4.69. The highest BCUT2D eigenvalue weighted by Crippen LogP contribution is 2.10. The molecule has 0 saturated carbocycles. The molecule has 0 spiro atoms. The Kier molecular flexibility index (Phi) is 5.26. The largest absolute Gasteiger partial charge is 0.357 e. The number of nitrogens with one attached hydrogen (secondary N) is 1. The summed E-state index contributed by atoms with van der Waals surface area (Å²) in [6.45, 7) is 2.55. The number of hydrogen-bond donors (Lipinski definition) is 1. The van der Waals surface area contributed by atoms with Crippen molar-refractivity contribution in [1.82, 2.24) is 14.7 Å². The molecule has 0 aliphatic rings. The lowest BCUT2D eigenvalue weighted by Crippen LogP contribution is -2.33. The fourth-order valence-electron chi connectivity index (χ4n) is 1.84. The van der Waals surface area contributed by atoms with E-state index in [4.69, 9.17) is 5.26 Å². The predicted molar refractivity (Wildman–Crippen MR) is 86.4 cm³/mol. The SMILES string of the molecule is Cc1ccc(S(=O)(=O)NCCN(C)c2cnc(C#N)cn2)cc1. The van der Waals surface area contributed by atoms with E-state index >= 15 is 0 Å². The zero-order valence-corrected chi connectivity index (χ0v) is 13.7. The Morgan fingerprint density at radius 1 is 1.22 bits per heavy atom. The Morgan fingerprint density at radius 2 is 1.91 bits per heavy atom. The molecule has 0 saturated heterocycles. The number of hydrogen-bond acceptors (Lipinski definition) is 6. The molecule has 0 bridgehead atoms. The van der Waals surface area contributed by atoms with E-state index < -0.39 is 10.0 Å². The molecule has 7 nitrogen and oxygen atoms in total. The van der Waals surface area contributed by atoms with Gasteiger partial charge in [0.1, 0.15) is 11.9 Å². The topological polar surface area (TPSA) is 99.0 Å². The smallest absolute Gasteiger partial charge is 0.240 e. The van der Waals surface area contributed by atoms with Crippen LogP contribution in [0.2, 0.25) is 0 Å². The summed E-state index contributed by atoms with van der Waals surface area (Å²) in [6, 6.07) is 8.56. The molecule has 0 radical (unpaired) electrons. The summed E-state index contributed by atoms with van der Waals surface area (Å²) in [4.78, 5) is 10.0. The zero-order valence-electron chi connectivity index (χ0n) is 12.9. The number of aromatic nitrogens is 2. The second-order valence-electron chi connectivity index (χ2n) is 5.00. The van der Waals surface area contributed by atoms with E-state index in [-0.39, 0.29) is 17.1 Å². The molecule has 120 valence electrons. The van der Waals surface area contributed by atoms with Crippen molar-refractivity contribution in [2.45, 2.75) is 11.8 Å². The highest BCUT2D eigenvalue weighted by Gasteiger charge is 2.13. The van der Waals surface area contributed by atoms with Crippen molar-refractivity contribution in [3.63, 3.8) is 0 Å². The maximum absolute atomic E-state index is 12.2. The summed E-state index contributed by atoms with van der Waals surface area (Å²) < 4.78 is 26.9. The first-order chi connectivity index (χ1) is 10.9. The van der Waals surface area contributed by atoms with Gasteiger partial charge in [0.15, 0.2) is 5.69 Å². The lowest BCUT2D eigenvalue weighted by atomic mass is 10.2. The van der Waals surface area contributed by atoms with Gasteiger partial charge in [-0.15, -0.1) is 0 Å². The minimum Gasteiger partial charge on any atom is -0.357 e. The lowest BCUT2D eigenvalue weighted by Gasteiger charge is -2.17. The van der Waals surface area contributed by atoms with Crippen LogP contribution in [0.3, 0.4) is 0 Å². The van der Waals surface area contributed by atoms with Crippen molar-refractivity contribution in [2.24, 2.45) is 0 Å². The van der Waals surface area contributed by atoms with Gasteiger partial charge in [-0.1, -0.05) is 17.7 Å². The van der Waals surface area contributed by atoms with Crippen LogP contribution in [0.15, 0.2) is 41.6 Å². The molecule has 8 heteroatoms. The Bertz CT molecular complexity index is 795. The third kappa shape index (κ3) is 4.48. The van der Waals surface area contributed by atoms with E-state index in [1.54, 1.807) is 36.2 Å². The number of likely N-dealkylation sites (N-methyl/N-ethyl adjacent to an activating group) is 1. The van der Waals surface area contributed by atoms with Gasteiger partial charge in [0.05, 0.1) is 17.3 Å². The molecule has 0 unspecified atom stereocenters. The van der Waals surface area contributed by atoms with Gasteiger partial charge in [0, 0.05) is 20.1 Å². The minimum atomic E-state index is -3.52. The van der Waals surface area contributed by atoms with Crippen molar-refractivity contribution in [2.75, 3.05) is 25.0 Å². The number of sulfonamides is 1. The second kappa shape index (κ2) is 7.17. The number of aryl methyl sites for hydroxylation is 1. The highest BCUT2D eigenvalue weighted by molar-refractivity contribution is 7.89. The number of benzene rings is 1. The Balaban J connectivity index is 1.93.